The highest BCUT2D eigenvalue weighted by molar-refractivity contribution is 6.05. The van der Waals surface area contributed by atoms with Crippen LogP contribution in [0.25, 0.3) is 22.5 Å². The van der Waals surface area contributed by atoms with Crippen LogP contribution in [0, 0.1) is 6.92 Å². The van der Waals surface area contributed by atoms with Crippen molar-refractivity contribution in [3.8, 4) is 28.3 Å². The molecule has 8 nitrogen and oxygen atoms in total. The first-order chi connectivity index (χ1) is 15.9. The SMILES string of the molecule is COc1ccc(-c2c(-c3ccc4c(c3)CN(C3CCC(=O)NC3=O)C4=O)ncn2C)c(C)c1. The van der Waals surface area contributed by atoms with Crippen LogP contribution in [0.15, 0.2) is 42.7 Å². The van der Waals surface area contributed by atoms with Crippen molar-refractivity contribution < 1.29 is 19.1 Å². The van der Waals surface area contributed by atoms with Crippen LogP contribution >= 0.6 is 0 Å². The summed E-state index contributed by atoms with van der Waals surface area (Å²) in [6.45, 7) is 2.37. The van der Waals surface area contributed by atoms with Crippen LogP contribution in [0.3, 0.4) is 0 Å². The first-order valence-corrected chi connectivity index (χ1v) is 10.8. The van der Waals surface area contributed by atoms with Crippen molar-refractivity contribution in [2.24, 2.45) is 7.05 Å². The number of hydrogen-bond acceptors (Lipinski definition) is 5. The summed E-state index contributed by atoms with van der Waals surface area (Å²) < 4.78 is 7.32. The number of aromatic nitrogens is 2. The van der Waals surface area contributed by atoms with Gasteiger partial charge in [0.2, 0.25) is 11.8 Å². The van der Waals surface area contributed by atoms with Gasteiger partial charge in [-0.05, 0) is 54.8 Å². The molecule has 2 aliphatic heterocycles. The van der Waals surface area contributed by atoms with E-state index in [-0.39, 0.29) is 18.2 Å². The number of hydrogen-bond donors (Lipinski definition) is 1. The van der Waals surface area contributed by atoms with Gasteiger partial charge in [-0.1, -0.05) is 6.07 Å². The van der Waals surface area contributed by atoms with E-state index in [1.165, 1.54) is 0 Å². The molecule has 3 aromatic rings. The Hall–Kier alpha value is -3.94. The third kappa shape index (κ3) is 3.47. The van der Waals surface area contributed by atoms with E-state index in [0.717, 1.165) is 39.4 Å². The summed E-state index contributed by atoms with van der Waals surface area (Å²) in [6, 6.07) is 11.0. The molecule has 168 valence electrons. The second-order valence-corrected chi connectivity index (χ2v) is 8.51. The van der Waals surface area contributed by atoms with E-state index in [4.69, 9.17) is 4.74 Å². The Kier molecular flexibility index (Phi) is 5.00. The Bertz CT molecular complexity index is 1310. The maximum Gasteiger partial charge on any atom is 0.255 e. The number of piperidine rings is 1. The number of methoxy groups -OCH3 is 1. The molecule has 0 saturated carbocycles. The summed E-state index contributed by atoms with van der Waals surface area (Å²) in [6.07, 6.45) is 2.36. The van der Waals surface area contributed by atoms with Gasteiger partial charge < -0.3 is 14.2 Å². The van der Waals surface area contributed by atoms with Gasteiger partial charge in [0.15, 0.2) is 0 Å². The minimum atomic E-state index is -0.626. The number of amides is 3. The van der Waals surface area contributed by atoms with E-state index in [1.54, 1.807) is 24.4 Å². The lowest BCUT2D eigenvalue weighted by atomic mass is 9.98. The molecule has 33 heavy (non-hydrogen) atoms. The molecule has 2 aliphatic rings. The molecule has 3 amide bonds. The van der Waals surface area contributed by atoms with Crippen LogP contribution in [-0.4, -0.2) is 45.3 Å². The van der Waals surface area contributed by atoms with Gasteiger partial charge in [-0.2, -0.15) is 0 Å². The Morgan fingerprint density at radius 3 is 2.61 bits per heavy atom. The molecular weight excluding hydrogens is 420 g/mol. The van der Waals surface area contributed by atoms with Crippen LogP contribution in [0.2, 0.25) is 0 Å². The number of carbonyl (C=O) groups is 3. The smallest absolute Gasteiger partial charge is 0.255 e. The number of fused-ring (bicyclic) bond motifs is 1. The van der Waals surface area contributed by atoms with Gasteiger partial charge >= 0.3 is 0 Å². The van der Waals surface area contributed by atoms with Crippen molar-refractivity contribution in [1.29, 1.82) is 0 Å². The molecule has 0 radical (unpaired) electrons. The molecular formula is C25H24N4O4. The standard InChI is InChI=1S/C25H24N4O4/c1-14-10-17(33-3)5-7-18(14)23-22(26-13-28(23)2)15-4-6-19-16(11-15)12-29(25(19)32)20-8-9-21(30)27-24(20)31/h4-7,10-11,13,20H,8-9,12H2,1-3H3,(H,27,30,31). The fourth-order valence-corrected chi connectivity index (χ4v) is 4.71. The molecule has 0 aliphatic carbocycles. The van der Waals surface area contributed by atoms with E-state index in [1.807, 2.05) is 48.9 Å². The number of ether oxygens (including phenoxy) is 1. The Labute approximate surface area is 191 Å². The van der Waals surface area contributed by atoms with E-state index < -0.39 is 11.9 Å². The second kappa shape index (κ2) is 7.88. The Morgan fingerprint density at radius 1 is 1.09 bits per heavy atom. The Morgan fingerprint density at radius 2 is 1.88 bits per heavy atom. The summed E-state index contributed by atoms with van der Waals surface area (Å²) >= 11 is 0. The number of nitrogens with one attached hydrogen (secondary N) is 1. The number of aryl methyl sites for hydroxylation is 2. The van der Waals surface area contributed by atoms with Gasteiger partial charge in [-0.15, -0.1) is 0 Å². The molecule has 1 saturated heterocycles. The molecule has 1 atom stereocenters. The number of imide groups is 1. The van der Waals surface area contributed by atoms with E-state index >= 15 is 0 Å². The van der Waals surface area contributed by atoms with Gasteiger partial charge in [0.1, 0.15) is 11.8 Å². The van der Waals surface area contributed by atoms with Crippen LogP contribution < -0.4 is 10.1 Å². The third-order valence-corrected chi connectivity index (χ3v) is 6.42. The zero-order chi connectivity index (χ0) is 23.3. The van der Waals surface area contributed by atoms with Gasteiger partial charge in [0.25, 0.3) is 5.91 Å². The fourth-order valence-electron chi connectivity index (χ4n) is 4.71. The molecule has 1 fully saturated rings. The molecule has 0 bridgehead atoms. The zero-order valence-electron chi connectivity index (χ0n) is 18.7. The Balaban J connectivity index is 1.50. The quantitative estimate of drug-likeness (QED) is 0.625. The average molecular weight is 444 g/mol. The number of nitrogens with zero attached hydrogens (tertiary/aromatic N) is 3. The summed E-state index contributed by atoms with van der Waals surface area (Å²) in [4.78, 5) is 43.0. The zero-order valence-corrected chi connectivity index (χ0v) is 18.7. The van der Waals surface area contributed by atoms with Crippen molar-refractivity contribution in [3.05, 3.63) is 59.4 Å². The monoisotopic (exact) mass is 444 g/mol. The van der Waals surface area contributed by atoms with Gasteiger partial charge in [-0.25, -0.2) is 4.98 Å². The fraction of sp³-hybridized carbons (Fsp3) is 0.280. The van der Waals surface area contributed by atoms with Crippen molar-refractivity contribution in [2.45, 2.75) is 32.4 Å². The van der Waals surface area contributed by atoms with Crippen molar-refractivity contribution >= 4 is 17.7 Å². The van der Waals surface area contributed by atoms with Crippen molar-refractivity contribution in [1.82, 2.24) is 19.8 Å². The molecule has 3 heterocycles. The molecule has 1 aromatic heterocycles. The van der Waals surface area contributed by atoms with Gasteiger partial charge in [0.05, 0.1) is 24.8 Å². The first-order valence-electron chi connectivity index (χ1n) is 10.8. The average Bonchev–Trinajstić information content (AvgIpc) is 3.33. The van der Waals surface area contributed by atoms with Crippen LogP contribution in [0.1, 0.15) is 34.3 Å². The molecule has 1 N–H and O–H groups in total. The normalized spacial score (nSPS) is 17.8. The number of rotatable bonds is 4. The molecule has 8 heteroatoms. The largest absolute Gasteiger partial charge is 0.497 e. The lowest BCUT2D eigenvalue weighted by Crippen LogP contribution is -2.52. The van der Waals surface area contributed by atoms with Crippen LogP contribution in [0.4, 0.5) is 0 Å². The van der Waals surface area contributed by atoms with Crippen molar-refractivity contribution in [2.75, 3.05) is 7.11 Å². The lowest BCUT2D eigenvalue weighted by Gasteiger charge is -2.29. The highest BCUT2D eigenvalue weighted by atomic mass is 16.5. The summed E-state index contributed by atoms with van der Waals surface area (Å²) in [5.41, 5.74) is 6.25. The van der Waals surface area contributed by atoms with E-state index in [9.17, 15) is 14.4 Å². The number of carbonyl (C=O) groups excluding carboxylic acids is 3. The number of benzene rings is 2. The van der Waals surface area contributed by atoms with Crippen LogP contribution in [0.5, 0.6) is 5.75 Å². The van der Waals surface area contributed by atoms with E-state index in [0.29, 0.717) is 18.5 Å². The summed E-state index contributed by atoms with van der Waals surface area (Å²) in [5, 5.41) is 2.34. The minimum Gasteiger partial charge on any atom is -0.497 e. The third-order valence-electron chi connectivity index (χ3n) is 6.42. The highest BCUT2D eigenvalue weighted by Crippen LogP contribution is 2.36. The summed E-state index contributed by atoms with van der Waals surface area (Å²) in [5.74, 6) is -0.0864. The maximum atomic E-state index is 13.0. The molecule has 2 aromatic carbocycles. The molecule has 0 spiro atoms. The van der Waals surface area contributed by atoms with Crippen LogP contribution in [-0.2, 0) is 23.2 Å². The summed E-state index contributed by atoms with van der Waals surface area (Å²) in [7, 11) is 3.60. The first kappa shape index (κ1) is 20.9. The highest BCUT2D eigenvalue weighted by Gasteiger charge is 2.39. The molecule has 1 unspecified atom stereocenters. The maximum absolute atomic E-state index is 13.0. The molecule has 5 rings (SSSR count). The van der Waals surface area contributed by atoms with Gasteiger partial charge in [0, 0.05) is 36.7 Å². The van der Waals surface area contributed by atoms with E-state index in [2.05, 4.69) is 10.3 Å². The minimum absolute atomic E-state index is 0.182. The predicted molar refractivity (Wildman–Crippen MR) is 121 cm³/mol. The predicted octanol–water partition coefficient (Wildman–Crippen LogP) is 2.83. The topological polar surface area (TPSA) is 93.5 Å². The second-order valence-electron chi connectivity index (χ2n) is 8.51. The number of imidazole rings is 1. The lowest BCUT2D eigenvalue weighted by molar-refractivity contribution is -0.136. The van der Waals surface area contributed by atoms with Gasteiger partial charge in [-0.3, -0.25) is 19.7 Å². The van der Waals surface area contributed by atoms with Crippen molar-refractivity contribution in [3.63, 3.8) is 0 Å².